The average molecular weight is 286 g/mol. The summed E-state index contributed by atoms with van der Waals surface area (Å²) in [5.74, 6) is 1.14. The molecule has 21 heavy (non-hydrogen) atoms. The lowest BCUT2D eigenvalue weighted by molar-refractivity contribution is 0.0947. The van der Waals surface area contributed by atoms with Crippen molar-refractivity contribution in [2.75, 3.05) is 26.0 Å². The quantitative estimate of drug-likeness (QED) is 0.630. The number of para-hydroxylation sites is 1. The van der Waals surface area contributed by atoms with Crippen molar-refractivity contribution >= 4 is 11.6 Å². The van der Waals surface area contributed by atoms with Gasteiger partial charge in [-0.15, -0.1) is 0 Å². The van der Waals surface area contributed by atoms with Crippen LogP contribution in [0.15, 0.2) is 48.5 Å². The smallest absolute Gasteiger partial charge is 0.251 e. The van der Waals surface area contributed by atoms with Crippen LogP contribution < -0.4 is 20.5 Å². The predicted molar refractivity (Wildman–Crippen MR) is 81.7 cm³/mol. The zero-order valence-electron chi connectivity index (χ0n) is 11.8. The number of anilines is 1. The minimum absolute atomic E-state index is 0.194. The number of carbonyl (C=O) groups excluding carboxylic acids is 1. The van der Waals surface area contributed by atoms with Gasteiger partial charge in [-0.2, -0.15) is 0 Å². The lowest BCUT2D eigenvalue weighted by Crippen LogP contribution is -2.28. The highest BCUT2D eigenvalue weighted by molar-refractivity contribution is 5.95. The minimum Gasteiger partial charge on any atom is -0.495 e. The summed E-state index contributed by atoms with van der Waals surface area (Å²) in [6.07, 6.45) is 0. The van der Waals surface area contributed by atoms with E-state index in [-0.39, 0.29) is 5.91 Å². The summed E-state index contributed by atoms with van der Waals surface area (Å²) >= 11 is 0. The number of hydrogen-bond acceptors (Lipinski definition) is 4. The van der Waals surface area contributed by atoms with Crippen LogP contribution in [0.2, 0.25) is 0 Å². The van der Waals surface area contributed by atoms with Gasteiger partial charge in [-0.05, 0) is 30.3 Å². The highest BCUT2D eigenvalue weighted by Crippen LogP contribution is 2.21. The van der Waals surface area contributed by atoms with Crippen LogP contribution in [0.5, 0.6) is 11.5 Å². The molecule has 0 aliphatic heterocycles. The third-order valence-electron chi connectivity index (χ3n) is 2.89. The van der Waals surface area contributed by atoms with Gasteiger partial charge in [0, 0.05) is 5.56 Å². The monoisotopic (exact) mass is 286 g/mol. The van der Waals surface area contributed by atoms with E-state index < -0.39 is 0 Å². The molecule has 0 aromatic heterocycles. The lowest BCUT2D eigenvalue weighted by atomic mass is 10.2. The molecule has 0 aliphatic rings. The van der Waals surface area contributed by atoms with E-state index in [0.29, 0.717) is 30.2 Å². The number of nitrogens with one attached hydrogen (secondary N) is 1. The number of ether oxygens (including phenoxy) is 2. The summed E-state index contributed by atoms with van der Waals surface area (Å²) in [4.78, 5) is 11.9. The fraction of sp³-hybridized carbons (Fsp3) is 0.188. The Morgan fingerprint density at radius 3 is 2.62 bits per heavy atom. The number of benzene rings is 2. The molecule has 110 valence electrons. The van der Waals surface area contributed by atoms with Crippen LogP contribution in [-0.4, -0.2) is 26.2 Å². The number of rotatable bonds is 6. The number of amides is 1. The topological polar surface area (TPSA) is 73.6 Å². The fourth-order valence-corrected chi connectivity index (χ4v) is 1.83. The molecule has 0 radical (unpaired) electrons. The maximum absolute atomic E-state index is 11.9. The third-order valence-corrected chi connectivity index (χ3v) is 2.89. The molecule has 2 rings (SSSR count). The van der Waals surface area contributed by atoms with Crippen molar-refractivity contribution in [1.29, 1.82) is 0 Å². The second-order valence-corrected chi connectivity index (χ2v) is 4.37. The summed E-state index contributed by atoms with van der Waals surface area (Å²) in [5, 5.41) is 2.77. The summed E-state index contributed by atoms with van der Waals surface area (Å²) in [6.45, 7) is 0.820. The van der Waals surface area contributed by atoms with Crippen molar-refractivity contribution in [3.63, 3.8) is 0 Å². The van der Waals surface area contributed by atoms with Crippen LogP contribution in [0.3, 0.4) is 0 Å². The van der Waals surface area contributed by atoms with Gasteiger partial charge < -0.3 is 20.5 Å². The first-order valence-corrected chi connectivity index (χ1v) is 6.60. The van der Waals surface area contributed by atoms with E-state index in [1.54, 1.807) is 18.2 Å². The Bertz CT molecular complexity index is 600. The van der Waals surface area contributed by atoms with Crippen molar-refractivity contribution in [3.8, 4) is 11.5 Å². The van der Waals surface area contributed by atoms with Crippen molar-refractivity contribution in [3.05, 3.63) is 54.1 Å². The van der Waals surface area contributed by atoms with Crippen molar-refractivity contribution in [2.24, 2.45) is 0 Å². The molecule has 0 saturated heterocycles. The normalized spacial score (nSPS) is 9.95. The molecular weight excluding hydrogens is 268 g/mol. The van der Waals surface area contributed by atoms with E-state index >= 15 is 0 Å². The minimum atomic E-state index is -0.194. The second kappa shape index (κ2) is 7.19. The Morgan fingerprint density at radius 1 is 1.19 bits per heavy atom. The fourth-order valence-electron chi connectivity index (χ4n) is 1.83. The molecule has 1 amide bonds. The average Bonchev–Trinajstić information content (AvgIpc) is 2.52. The van der Waals surface area contributed by atoms with E-state index in [0.717, 1.165) is 5.75 Å². The number of nitrogen functional groups attached to an aromatic ring is 1. The van der Waals surface area contributed by atoms with Gasteiger partial charge in [0.05, 0.1) is 19.3 Å². The van der Waals surface area contributed by atoms with Gasteiger partial charge in [0.15, 0.2) is 0 Å². The summed E-state index contributed by atoms with van der Waals surface area (Å²) in [6, 6.07) is 14.4. The summed E-state index contributed by atoms with van der Waals surface area (Å²) < 4.78 is 10.5. The van der Waals surface area contributed by atoms with Crippen molar-refractivity contribution in [1.82, 2.24) is 5.32 Å². The maximum Gasteiger partial charge on any atom is 0.251 e. The van der Waals surface area contributed by atoms with Crippen LogP contribution in [0, 0.1) is 0 Å². The molecule has 3 N–H and O–H groups in total. The summed E-state index contributed by atoms with van der Waals surface area (Å²) in [5.41, 5.74) is 6.70. The van der Waals surface area contributed by atoms with Gasteiger partial charge in [0.25, 0.3) is 5.91 Å². The van der Waals surface area contributed by atoms with Crippen LogP contribution >= 0.6 is 0 Å². The molecule has 2 aromatic carbocycles. The van der Waals surface area contributed by atoms with Gasteiger partial charge >= 0.3 is 0 Å². The number of carbonyl (C=O) groups is 1. The molecule has 5 heteroatoms. The Kier molecular flexibility index (Phi) is 5.04. The molecule has 0 unspecified atom stereocenters. The third kappa shape index (κ3) is 4.14. The molecule has 0 heterocycles. The van der Waals surface area contributed by atoms with Gasteiger partial charge in [0.2, 0.25) is 0 Å². The first kappa shape index (κ1) is 14.7. The Morgan fingerprint density at radius 2 is 1.95 bits per heavy atom. The maximum atomic E-state index is 11.9. The van der Waals surface area contributed by atoms with E-state index in [4.69, 9.17) is 15.2 Å². The van der Waals surface area contributed by atoms with Gasteiger partial charge in [-0.3, -0.25) is 4.79 Å². The number of methoxy groups -OCH3 is 1. The molecule has 2 aromatic rings. The lowest BCUT2D eigenvalue weighted by Gasteiger charge is -2.09. The van der Waals surface area contributed by atoms with Gasteiger partial charge in [0.1, 0.15) is 18.1 Å². The zero-order valence-corrected chi connectivity index (χ0v) is 11.8. The SMILES string of the molecule is COc1ccc(C(=O)NCCOc2ccccc2)cc1N. The first-order chi connectivity index (χ1) is 10.2. The summed E-state index contributed by atoms with van der Waals surface area (Å²) in [7, 11) is 1.53. The highest BCUT2D eigenvalue weighted by Gasteiger charge is 2.07. The van der Waals surface area contributed by atoms with E-state index in [1.165, 1.54) is 7.11 Å². The molecule has 5 nitrogen and oxygen atoms in total. The van der Waals surface area contributed by atoms with Gasteiger partial charge in [-0.25, -0.2) is 0 Å². The first-order valence-electron chi connectivity index (χ1n) is 6.60. The predicted octanol–water partition coefficient (Wildman–Crippen LogP) is 2.09. The largest absolute Gasteiger partial charge is 0.495 e. The number of nitrogens with two attached hydrogens (primary N) is 1. The van der Waals surface area contributed by atoms with Crippen LogP contribution in [-0.2, 0) is 0 Å². The Hall–Kier alpha value is -2.69. The second-order valence-electron chi connectivity index (χ2n) is 4.37. The van der Waals surface area contributed by atoms with Crippen molar-refractivity contribution < 1.29 is 14.3 Å². The van der Waals surface area contributed by atoms with Crippen LogP contribution in [0.4, 0.5) is 5.69 Å². The van der Waals surface area contributed by atoms with E-state index in [9.17, 15) is 4.79 Å². The molecule has 0 spiro atoms. The molecule has 0 aliphatic carbocycles. The molecule has 0 atom stereocenters. The van der Waals surface area contributed by atoms with E-state index in [1.807, 2.05) is 30.3 Å². The van der Waals surface area contributed by atoms with Crippen LogP contribution in [0.1, 0.15) is 10.4 Å². The van der Waals surface area contributed by atoms with E-state index in [2.05, 4.69) is 5.32 Å². The number of hydrogen-bond donors (Lipinski definition) is 2. The molecule has 0 bridgehead atoms. The molecule has 0 saturated carbocycles. The molecule has 0 fully saturated rings. The Labute approximate surface area is 123 Å². The van der Waals surface area contributed by atoms with Crippen molar-refractivity contribution in [2.45, 2.75) is 0 Å². The molecular formula is C16H18N2O3. The standard InChI is InChI=1S/C16H18N2O3/c1-20-15-8-7-12(11-14(15)17)16(19)18-9-10-21-13-5-3-2-4-6-13/h2-8,11H,9-10,17H2,1H3,(H,18,19). The van der Waals surface area contributed by atoms with Gasteiger partial charge in [-0.1, -0.05) is 18.2 Å². The Balaban J connectivity index is 1.80. The zero-order chi connectivity index (χ0) is 15.1. The van der Waals surface area contributed by atoms with Crippen LogP contribution in [0.25, 0.3) is 0 Å². The highest BCUT2D eigenvalue weighted by atomic mass is 16.5.